The Bertz CT molecular complexity index is 648. The number of aromatic nitrogens is 2. The zero-order valence-electron chi connectivity index (χ0n) is 14.3. The van der Waals surface area contributed by atoms with Gasteiger partial charge >= 0.3 is 6.03 Å². The summed E-state index contributed by atoms with van der Waals surface area (Å²) >= 11 is 0. The molecule has 1 heterocycles. The van der Waals surface area contributed by atoms with Crippen LogP contribution in [0.2, 0.25) is 0 Å². The van der Waals surface area contributed by atoms with E-state index in [-0.39, 0.29) is 12.1 Å². The molecular formula is C18H26N4O. The van der Waals surface area contributed by atoms with E-state index in [2.05, 4.69) is 40.1 Å². The highest BCUT2D eigenvalue weighted by molar-refractivity contribution is 5.89. The molecule has 2 aromatic rings. The van der Waals surface area contributed by atoms with Crippen LogP contribution >= 0.6 is 0 Å². The van der Waals surface area contributed by atoms with Gasteiger partial charge in [-0.1, -0.05) is 32.9 Å². The van der Waals surface area contributed by atoms with E-state index < -0.39 is 0 Å². The molecule has 0 aliphatic rings. The number of rotatable bonds is 6. The molecule has 2 N–H and O–H groups in total. The van der Waals surface area contributed by atoms with Crippen LogP contribution in [0.1, 0.15) is 51.4 Å². The Morgan fingerprint density at radius 1 is 1.30 bits per heavy atom. The van der Waals surface area contributed by atoms with Crippen molar-refractivity contribution in [2.75, 3.05) is 5.32 Å². The summed E-state index contributed by atoms with van der Waals surface area (Å²) in [6.07, 6.45) is 4.73. The molecule has 0 radical (unpaired) electrons. The van der Waals surface area contributed by atoms with Gasteiger partial charge in [-0.2, -0.15) is 0 Å². The number of imidazole rings is 1. The van der Waals surface area contributed by atoms with Gasteiger partial charge in [-0.3, -0.25) is 0 Å². The summed E-state index contributed by atoms with van der Waals surface area (Å²) in [7, 11) is 0. The van der Waals surface area contributed by atoms with Crippen LogP contribution in [0, 0.1) is 0 Å². The Kier molecular flexibility index (Phi) is 5.79. The van der Waals surface area contributed by atoms with Crippen molar-refractivity contribution < 1.29 is 4.79 Å². The summed E-state index contributed by atoms with van der Waals surface area (Å²) in [6, 6.07) is 7.92. The van der Waals surface area contributed by atoms with Gasteiger partial charge in [0.1, 0.15) is 5.82 Å². The van der Waals surface area contributed by atoms with E-state index in [0.717, 1.165) is 30.0 Å². The van der Waals surface area contributed by atoms with E-state index in [0.29, 0.717) is 5.92 Å². The first-order valence-electron chi connectivity index (χ1n) is 8.17. The Hall–Kier alpha value is -2.30. The van der Waals surface area contributed by atoms with Crippen molar-refractivity contribution in [1.29, 1.82) is 0 Å². The average Bonchev–Trinajstić information content (AvgIpc) is 2.95. The third-order valence-corrected chi connectivity index (χ3v) is 3.79. The van der Waals surface area contributed by atoms with E-state index >= 15 is 0 Å². The average molecular weight is 314 g/mol. The number of anilines is 1. The van der Waals surface area contributed by atoms with Gasteiger partial charge in [-0.25, -0.2) is 9.78 Å². The van der Waals surface area contributed by atoms with Gasteiger partial charge in [0.15, 0.2) is 0 Å². The molecule has 5 nitrogen and oxygen atoms in total. The highest BCUT2D eigenvalue weighted by Gasteiger charge is 2.09. The monoisotopic (exact) mass is 314 g/mol. The minimum absolute atomic E-state index is 0.165. The molecule has 0 spiro atoms. The zero-order chi connectivity index (χ0) is 16.8. The number of carbonyl (C=O) groups excluding carboxylic acids is 1. The van der Waals surface area contributed by atoms with Gasteiger partial charge in [0.05, 0.1) is 0 Å². The standard InChI is InChI=1S/C18H26N4O/c1-5-14(4)20-18(23)21-16-8-6-7-15(11-16)12-22-10-9-19-17(22)13(2)3/h6-11,13-14H,5,12H2,1-4H3,(H2,20,21,23). The largest absolute Gasteiger partial charge is 0.335 e. The quantitative estimate of drug-likeness (QED) is 0.847. The fraction of sp³-hybridized carbons (Fsp3) is 0.444. The van der Waals surface area contributed by atoms with Crippen molar-refractivity contribution in [3.63, 3.8) is 0 Å². The number of amides is 2. The fourth-order valence-electron chi connectivity index (χ4n) is 2.39. The predicted molar refractivity (Wildman–Crippen MR) is 93.8 cm³/mol. The minimum Gasteiger partial charge on any atom is -0.335 e. The van der Waals surface area contributed by atoms with Gasteiger partial charge in [-0.15, -0.1) is 0 Å². The third kappa shape index (κ3) is 4.84. The van der Waals surface area contributed by atoms with E-state index in [1.54, 1.807) is 0 Å². The zero-order valence-corrected chi connectivity index (χ0v) is 14.3. The molecule has 0 fully saturated rings. The van der Waals surface area contributed by atoms with Gasteiger partial charge in [0, 0.05) is 36.6 Å². The second kappa shape index (κ2) is 7.81. The number of nitrogens with one attached hydrogen (secondary N) is 2. The molecule has 23 heavy (non-hydrogen) atoms. The summed E-state index contributed by atoms with van der Waals surface area (Å²) in [5.41, 5.74) is 1.93. The van der Waals surface area contributed by atoms with Crippen molar-refractivity contribution in [2.45, 2.75) is 52.6 Å². The maximum absolute atomic E-state index is 11.9. The minimum atomic E-state index is -0.165. The first-order chi connectivity index (χ1) is 11.0. The van der Waals surface area contributed by atoms with Gasteiger partial charge in [0.2, 0.25) is 0 Å². The highest BCUT2D eigenvalue weighted by Crippen LogP contribution is 2.16. The van der Waals surface area contributed by atoms with Crippen LogP contribution in [0.3, 0.4) is 0 Å². The molecule has 1 aromatic heterocycles. The number of benzene rings is 1. The first kappa shape index (κ1) is 17.1. The predicted octanol–water partition coefficient (Wildman–Crippen LogP) is 3.97. The highest BCUT2D eigenvalue weighted by atomic mass is 16.2. The van der Waals surface area contributed by atoms with Crippen molar-refractivity contribution in [3.8, 4) is 0 Å². The van der Waals surface area contributed by atoms with Crippen LogP contribution in [-0.4, -0.2) is 21.6 Å². The van der Waals surface area contributed by atoms with E-state index in [1.807, 2.05) is 44.4 Å². The molecule has 0 bridgehead atoms. The molecule has 0 aliphatic heterocycles. The molecule has 1 aromatic carbocycles. The molecule has 0 aliphatic carbocycles. The number of hydrogen-bond acceptors (Lipinski definition) is 2. The van der Waals surface area contributed by atoms with Crippen molar-refractivity contribution in [2.24, 2.45) is 0 Å². The van der Waals surface area contributed by atoms with Crippen LogP contribution in [0.15, 0.2) is 36.7 Å². The lowest BCUT2D eigenvalue weighted by molar-refractivity contribution is 0.249. The number of nitrogens with zero attached hydrogens (tertiary/aromatic N) is 2. The second-order valence-corrected chi connectivity index (χ2v) is 6.18. The van der Waals surface area contributed by atoms with Gasteiger partial charge < -0.3 is 15.2 Å². The Morgan fingerprint density at radius 2 is 2.09 bits per heavy atom. The molecule has 2 amide bonds. The molecule has 0 saturated carbocycles. The lowest BCUT2D eigenvalue weighted by Gasteiger charge is -2.14. The Labute approximate surface area is 138 Å². The van der Waals surface area contributed by atoms with Crippen LogP contribution in [0.4, 0.5) is 10.5 Å². The van der Waals surface area contributed by atoms with Crippen LogP contribution in [0.5, 0.6) is 0 Å². The molecular weight excluding hydrogens is 288 g/mol. The fourth-order valence-corrected chi connectivity index (χ4v) is 2.39. The topological polar surface area (TPSA) is 59.0 Å². The molecule has 1 unspecified atom stereocenters. The SMILES string of the molecule is CCC(C)NC(=O)Nc1cccc(Cn2ccnc2C(C)C)c1. The third-order valence-electron chi connectivity index (χ3n) is 3.79. The van der Waals surface area contributed by atoms with Crippen LogP contribution < -0.4 is 10.6 Å². The molecule has 0 saturated heterocycles. The molecule has 124 valence electrons. The molecule has 5 heteroatoms. The van der Waals surface area contributed by atoms with E-state index in [9.17, 15) is 4.79 Å². The van der Waals surface area contributed by atoms with Gasteiger partial charge in [0.25, 0.3) is 0 Å². The van der Waals surface area contributed by atoms with Gasteiger partial charge in [-0.05, 0) is 31.0 Å². The normalized spacial score (nSPS) is 12.2. The van der Waals surface area contributed by atoms with Crippen molar-refractivity contribution in [1.82, 2.24) is 14.9 Å². The Morgan fingerprint density at radius 3 is 2.78 bits per heavy atom. The summed E-state index contributed by atoms with van der Waals surface area (Å²) in [5.74, 6) is 1.45. The van der Waals surface area contributed by atoms with Crippen LogP contribution in [-0.2, 0) is 6.54 Å². The number of carbonyl (C=O) groups is 1. The second-order valence-electron chi connectivity index (χ2n) is 6.18. The summed E-state index contributed by atoms with van der Waals surface area (Å²) < 4.78 is 2.14. The lowest BCUT2D eigenvalue weighted by atomic mass is 10.1. The summed E-state index contributed by atoms with van der Waals surface area (Å²) in [6.45, 7) is 9.05. The lowest BCUT2D eigenvalue weighted by Crippen LogP contribution is -2.35. The van der Waals surface area contributed by atoms with E-state index in [1.165, 1.54) is 0 Å². The molecule has 2 rings (SSSR count). The maximum Gasteiger partial charge on any atom is 0.319 e. The molecule has 1 atom stereocenters. The van der Waals surface area contributed by atoms with Crippen molar-refractivity contribution in [3.05, 3.63) is 48.0 Å². The smallest absolute Gasteiger partial charge is 0.319 e. The maximum atomic E-state index is 11.9. The van der Waals surface area contributed by atoms with Crippen LogP contribution in [0.25, 0.3) is 0 Å². The number of hydrogen-bond donors (Lipinski definition) is 2. The van der Waals surface area contributed by atoms with Crippen molar-refractivity contribution >= 4 is 11.7 Å². The summed E-state index contributed by atoms with van der Waals surface area (Å²) in [4.78, 5) is 16.3. The first-order valence-corrected chi connectivity index (χ1v) is 8.17. The van der Waals surface area contributed by atoms with E-state index in [4.69, 9.17) is 0 Å². The summed E-state index contributed by atoms with van der Waals surface area (Å²) in [5, 5.41) is 5.79. The number of urea groups is 1. The Balaban J connectivity index is 2.05.